The van der Waals surface area contributed by atoms with Gasteiger partial charge in [0.25, 0.3) is 5.69 Å². The molecule has 0 saturated heterocycles. The molecule has 0 aliphatic heterocycles. The fraction of sp³-hybridized carbons (Fsp3) is 0.222. The summed E-state index contributed by atoms with van der Waals surface area (Å²) in [7, 11) is 0. The van der Waals surface area contributed by atoms with E-state index in [0.29, 0.717) is 0 Å². The zero-order valence-electron chi connectivity index (χ0n) is 7.97. The standard InChI is InChI=1S/C9H9NO4S/c1-15-7-2-3-8(10(13)14)6(4-7)5-9(11)12/h2-4H,5H2,1H3,(H,11,12). The third-order valence-electron chi connectivity index (χ3n) is 1.83. The number of nitrogens with zero attached hydrogens (tertiary/aromatic N) is 1. The SMILES string of the molecule is CSc1ccc([N+](=O)[O-])c(CC(=O)O)c1. The second-order valence-corrected chi connectivity index (χ2v) is 3.70. The van der Waals surface area contributed by atoms with Crippen LogP contribution in [0.5, 0.6) is 0 Å². The highest BCUT2D eigenvalue weighted by Gasteiger charge is 2.16. The van der Waals surface area contributed by atoms with Crippen molar-refractivity contribution >= 4 is 23.4 Å². The second-order valence-electron chi connectivity index (χ2n) is 2.82. The lowest BCUT2D eigenvalue weighted by molar-refractivity contribution is -0.385. The van der Waals surface area contributed by atoms with Gasteiger partial charge in [-0.25, -0.2) is 0 Å². The molecule has 0 amide bonds. The minimum atomic E-state index is -1.07. The number of aliphatic carboxylic acids is 1. The van der Waals surface area contributed by atoms with Crippen molar-refractivity contribution in [1.29, 1.82) is 0 Å². The highest BCUT2D eigenvalue weighted by atomic mass is 32.2. The van der Waals surface area contributed by atoms with Crippen molar-refractivity contribution in [3.05, 3.63) is 33.9 Å². The number of benzene rings is 1. The van der Waals surface area contributed by atoms with Crippen LogP contribution in [0.25, 0.3) is 0 Å². The Kier molecular flexibility index (Phi) is 3.68. The summed E-state index contributed by atoms with van der Waals surface area (Å²) in [6.45, 7) is 0. The van der Waals surface area contributed by atoms with E-state index in [0.717, 1.165) is 4.90 Å². The predicted molar refractivity (Wildman–Crippen MR) is 56.2 cm³/mol. The molecule has 0 saturated carbocycles. The van der Waals surface area contributed by atoms with Crippen molar-refractivity contribution in [3.63, 3.8) is 0 Å². The highest BCUT2D eigenvalue weighted by Crippen LogP contribution is 2.25. The molecule has 1 aromatic rings. The molecular weight excluding hydrogens is 218 g/mol. The fourth-order valence-electron chi connectivity index (χ4n) is 1.17. The second kappa shape index (κ2) is 4.79. The van der Waals surface area contributed by atoms with Gasteiger partial charge in [0.1, 0.15) is 0 Å². The van der Waals surface area contributed by atoms with Crippen LogP contribution in [0.4, 0.5) is 5.69 Å². The number of nitro groups is 1. The molecule has 1 rings (SSSR count). The van der Waals surface area contributed by atoms with Gasteiger partial charge in [-0.05, 0) is 18.4 Å². The molecule has 0 fully saturated rings. The Morgan fingerprint density at radius 2 is 2.27 bits per heavy atom. The Balaban J connectivity index is 3.16. The first-order chi connectivity index (χ1) is 7.04. The quantitative estimate of drug-likeness (QED) is 0.483. The molecule has 5 nitrogen and oxygen atoms in total. The van der Waals surface area contributed by atoms with Gasteiger partial charge in [0, 0.05) is 16.5 Å². The topological polar surface area (TPSA) is 80.4 Å². The summed E-state index contributed by atoms with van der Waals surface area (Å²) in [6.07, 6.45) is 1.50. The molecule has 1 aromatic carbocycles. The van der Waals surface area contributed by atoms with Crippen LogP contribution in [0.3, 0.4) is 0 Å². The van der Waals surface area contributed by atoms with Crippen LogP contribution in [0.15, 0.2) is 23.1 Å². The molecule has 0 aliphatic rings. The van der Waals surface area contributed by atoms with E-state index >= 15 is 0 Å². The number of thioether (sulfide) groups is 1. The smallest absolute Gasteiger partial charge is 0.308 e. The van der Waals surface area contributed by atoms with Crippen LogP contribution in [-0.2, 0) is 11.2 Å². The van der Waals surface area contributed by atoms with Crippen LogP contribution >= 0.6 is 11.8 Å². The number of carbonyl (C=O) groups is 1. The van der Waals surface area contributed by atoms with Crippen LogP contribution in [0.2, 0.25) is 0 Å². The zero-order chi connectivity index (χ0) is 11.4. The maximum Gasteiger partial charge on any atom is 0.308 e. The summed E-state index contributed by atoms with van der Waals surface area (Å²) in [6, 6.07) is 4.48. The van der Waals surface area contributed by atoms with E-state index in [1.807, 2.05) is 6.26 Å². The van der Waals surface area contributed by atoms with E-state index in [1.54, 1.807) is 6.07 Å². The average Bonchev–Trinajstić information content (AvgIpc) is 2.16. The monoisotopic (exact) mass is 227 g/mol. The van der Waals surface area contributed by atoms with Gasteiger partial charge in [0.15, 0.2) is 0 Å². The van der Waals surface area contributed by atoms with Gasteiger partial charge in [-0.1, -0.05) is 0 Å². The summed E-state index contributed by atoms with van der Waals surface area (Å²) in [5, 5.41) is 19.2. The van der Waals surface area contributed by atoms with E-state index < -0.39 is 10.9 Å². The largest absolute Gasteiger partial charge is 0.481 e. The van der Waals surface area contributed by atoms with Gasteiger partial charge in [0.2, 0.25) is 0 Å². The Hall–Kier alpha value is -1.56. The highest BCUT2D eigenvalue weighted by molar-refractivity contribution is 7.98. The van der Waals surface area contributed by atoms with Gasteiger partial charge >= 0.3 is 5.97 Å². The molecule has 0 aromatic heterocycles. The maximum atomic E-state index is 10.6. The Bertz CT molecular complexity index is 405. The fourth-order valence-corrected chi connectivity index (χ4v) is 1.64. The minimum Gasteiger partial charge on any atom is -0.481 e. The Labute approximate surface area is 90.3 Å². The zero-order valence-corrected chi connectivity index (χ0v) is 8.78. The molecule has 0 aliphatic carbocycles. The van der Waals surface area contributed by atoms with E-state index in [4.69, 9.17) is 5.11 Å². The average molecular weight is 227 g/mol. The molecule has 80 valence electrons. The minimum absolute atomic E-state index is 0.143. The number of carboxylic acids is 1. The molecule has 0 atom stereocenters. The number of rotatable bonds is 4. The summed E-state index contributed by atoms with van der Waals surface area (Å²) < 4.78 is 0. The third kappa shape index (κ3) is 2.95. The van der Waals surface area contributed by atoms with E-state index in [9.17, 15) is 14.9 Å². The van der Waals surface area contributed by atoms with Gasteiger partial charge in [-0.15, -0.1) is 11.8 Å². The predicted octanol–water partition coefficient (Wildman–Crippen LogP) is 1.94. The van der Waals surface area contributed by atoms with Gasteiger partial charge in [-0.3, -0.25) is 14.9 Å². The van der Waals surface area contributed by atoms with Crippen LogP contribution in [-0.4, -0.2) is 22.3 Å². The molecule has 0 spiro atoms. The van der Waals surface area contributed by atoms with Crippen molar-refractivity contribution < 1.29 is 14.8 Å². The summed E-state index contributed by atoms with van der Waals surface area (Å²) in [5.41, 5.74) is 0.0922. The first-order valence-corrected chi connectivity index (χ1v) is 5.30. The van der Waals surface area contributed by atoms with Crippen LogP contribution in [0, 0.1) is 10.1 Å². The van der Waals surface area contributed by atoms with Crippen LogP contribution in [0.1, 0.15) is 5.56 Å². The lowest BCUT2D eigenvalue weighted by Gasteiger charge is -2.02. The molecular formula is C9H9NO4S. The van der Waals surface area contributed by atoms with Gasteiger partial charge in [0.05, 0.1) is 11.3 Å². The van der Waals surface area contributed by atoms with Crippen molar-refractivity contribution in [2.24, 2.45) is 0 Å². The summed E-state index contributed by atoms with van der Waals surface area (Å²) in [4.78, 5) is 21.4. The number of carboxylic acid groups (broad SMARTS) is 1. The number of hydrogen-bond donors (Lipinski definition) is 1. The van der Waals surface area contributed by atoms with Crippen molar-refractivity contribution in [2.45, 2.75) is 11.3 Å². The Morgan fingerprint density at radius 1 is 1.60 bits per heavy atom. The molecule has 0 radical (unpaired) electrons. The summed E-state index contributed by atoms with van der Waals surface area (Å²) >= 11 is 1.41. The molecule has 0 bridgehead atoms. The van der Waals surface area contributed by atoms with E-state index in [-0.39, 0.29) is 17.7 Å². The van der Waals surface area contributed by atoms with Gasteiger partial charge < -0.3 is 5.11 Å². The molecule has 0 unspecified atom stereocenters. The van der Waals surface area contributed by atoms with E-state index in [1.165, 1.54) is 23.9 Å². The molecule has 6 heteroatoms. The molecule has 1 N–H and O–H groups in total. The summed E-state index contributed by atoms with van der Waals surface area (Å²) in [5.74, 6) is -1.07. The Morgan fingerprint density at radius 3 is 2.73 bits per heavy atom. The van der Waals surface area contributed by atoms with Crippen molar-refractivity contribution in [2.75, 3.05) is 6.26 Å². The normalized spacial score (nSPS) is 9.93. The molecule has 15 heavy (non-hydrogen) atoms. The number of hydrogen-bond acceptors (Lipinski definition) is 4. The van der Waals surface area contributed by atoms with Gasteiger partial charge in [-0.2, -0.15) is 0 Å². The first-order valence-electron chi connectivity index (χ1n) is 4.07. The lowest BCUT2D eigenvalue weighted by Crippen LogP contribution is -2.03. The van der Waals surface area contributed by atoms with Crippen LogP contribution < -0.4 is 0 Å². The first kappa shape index (κ1) is 11.5. The third-order valence-corrected chi connectivity index (χ3v) is 2.55. The van der Waals surface area contributed by atoms with E-state index in [2.05, 4.69) is 0 Å². The van der Waals surface area contributed by atoms with Crippen molar-refractivity contribution in [3.8, 4) is 0 Å². The number of nitro benzene ring substituents is 1. The molecule has 0 heterocycles. The lowest BCUT2D eigenvalue weighted by atomic mass is 10.1. The van der Waals surface area contributed by atoms with Crippen molar-refractivity contribution in [1.82, 2.24) is 0 Å². The maximum absolute atomic E-state index is 10.6.